The van der Waals surface area contributed by atoms with Crippen LogP contribution in [0.15, 0.2) is 119 Å². The average Bonchev–Trinajstić information content (AvgIpc) is 3.83. The number of carbonyl (C=O) groups excluding carboxylic acids is 3. The van der Waals surface area contributed by atoms with Gasteiger partial charge in [-0.1, -0.05) is 48.5 Å². The highest BCUT2D eigenvalue weighted by atomic mass is 32.2. The molecule has 45 heavy (non-hydrogen) atoms. The van der Waals surface area contributed by atoms with Crippen molar-refractivity contribution in [1.82, 2.24) is 15.3 Å². The fraction of sp³-hybridized carbons (Fsp3) is 0.0588. The number of thiophene rings is 1. The largest absolute Gasteiger partial charge is 0.361 e. The third-order valence-electron chi connectivity index (χ3n) is 6.73. The van der Waals surface area contributed by atoms with E-state index >= 15 is 0 Å². The number of hydrogen-bond acceptors (Lipinski definition) is 7. The van der Waals surface area contributed by atoms with E-state index in [9.17, 15) is 14.4 Å². The molecule has 0 aliphatic heterocycles. The smallest absolute Gasteiger partial charge is 0.272 e. The number of fused-ring (bicyclic) bond motifs is 1. The zero-order valence-electron chi connectivity index (χ0n) is 23.9. The minimum absolute atomic E-state index is 0.0878. The molecule has 0 bridgehead atoms. The number of aromatic nitrogens is 2. The molecule has 0 fully saturated rings. The van der Waals surface area contributed by atoms with Crippen LogP contribution in [-0.4, -0.2) is 32.9 Å². The Morgan fingerprint density at radius 3 is 2.56 bits per heavy atom. The second-order valence-electron chi connectivity index (χ2n) is 9.91. The lowest BCUT2D eigenvalue weighted by Crippen LogP contribution is -2.30. The SMILES string of the molecule is CC(Sc1cccc(NC(=O)/C(=C/c2c[nH]c3ccccc23)NC(=O)c2ccccc2)c1)C(=O)Nc1nc(-c2cccs2)cs1. The summed E-state index contributed by atoms with van der Waals surface area (Å²) in [7, 11) is 0. The van der Waals surface area contributed by atoms with Crippen LogP contribution in [0.25, 0.3) is 27.6 Å². The Morgan fingerprint density at radius 2 is 1.73 bits per heavy atom. The van der Waals surface area contributed by atoms with E-state index in [0.717, 1.165) is 31.9 Å². The van der Waals surface area contributed by atoms with Crippen molar-refractivity contribution in [2.75, 3.05) is 10.6 Å². The van der Waals surface area contributed by atoms with Crippen molar-refractivity contribution in [1.29, 1.82) is 0 Å². The molecular weight excluding hydrogens is 623 g/mol. The number of thioether (sulfide) groups is 1. The summed E-state index contributed by atoms with van der Waals surface area (Å²) in [6.07, 6.45) is 3.45. The maximum Gasteiger partial charge on any atom is 0.272 e. The Hall–Kier alpha value is -4.97. The van der Waals surface area contributed by atoms with E-state index < -0.39 is 17.1 Å². The van der Waals surface area contributed by atoms with Gasteiger partial charge < -0.3 is 20.9 Å². The quantitative estimate of drug-likeness (QED) is 0.0890. The first-order chi connectivity index (χ1) is 21.9. The molecule has 0 radical (unpaired) electrons. The summed E-state index contributed by atoms with van der Waals surface area (Å²) < 4.78 is 0. The van der Waals surface area contributed by atoms with Crippen LogP contribution in [0.1, 0.15) is 22.8 Å². The van der Waals surface area contributed by atoms with Crippen LogP contribution in [0, 0.1) is 0 Å². The van der Waals surface area contributed by atoms with Gasteiger partial charge in [-0.3, -0.25) is 14.4 Å². The molecule has 1 unspecified atom stereocenters. The highest BCUT2D eigenvalue weighted by Gasteiger charge is 2.19. The number of carbonyl (C=O) groups is 3. The maximum absolute atomic E-state index is 13.6. The number of rotatable bonds is 10. The number of para-hydroxylation sites is 1. The van der Waals surface area contributed by atoms with Gasteiger partial charge in [0.1, 0.15) is 5.70 Å². The maximum atomic E-state index is 13.6. The molecule has 0 aliphatic carbocycles. The second-order valence-corrected chi connectivity index (χ2v) is 13.1. The van der Waals surface area contributed by atoms with E-state index in [2.05, 4.69) is 25.9 Å². The summed E-state index contributed by atoms with van der Waals surface area (Å²) in [4.78, 5) is 49.2. The first kappa shape index (κ1) is 30.1. The van der Waals surface area contributed by atoms with Gasteiger partial charge in [0.05, 0.1) is 15.8 Å². The van der Waals surface area contributed by atoms with Gasteiger partial charge in [-0.25, -0.2) is 4.98 Å². The molecule has 1 atom stereocenters. The minimum atomic E-state index is -0.484. The zero-order chi connectivity index (χ0) is 31.2. The third-order valence-corrected chi connectivity index (χ3v) is 9.48. The monoisotopic (exact) mass is 649 g/mol. The standard InChI is InChI=1S/C34H27N5O3S3/c1-21(31(40)39-34-38-29(20-44-34)30-15-8-16-43-30)45-25-12-7-11-24(18-25)36-33(42)28(37-32(41)22-9-3-2-4-10-22)17-23-19-35-27-14-6-5-13-26(23)27/h2-21,35H,1H3,(H,36,42)(H,37,41)(H,38,39,40)/b28-17-. The van der Waals surface area contributed by atoms with Crippen LogP contribution in [0.5, 0.6) is 0 Å². The Kier molecular flexibility index (Phi) is 9.20. The fourth-order valence-corrected chi connectivity index (χ4v) is 6.89. The fourth-order valence-electron chi connectivity index (χ4n) is 4.49. The van der Waals surface area contributed by atoms with Crippen molar-refractivity contribution >= 4 is 80.0 Å². The molecule has 6 aromatic rings. The first-order valence-electron chi connectivity index (χ1n) is 14.0. The highest BCUT2D eigenvalue weighted by Crippen LogP contribution is 2.30. The lowest BCUT2D eigenvalue weighted by molar-refractivity contribution is -0.115. The van der Waals surface area contributed by atoms with Gasteiger partial charge in [0.15, 0.2) is 5.13 Å². The van der Waals surface area contributed by atoms with E-state index in [-0.39, 0.29) is 11.6 Å². The normalized spacial score (nSPS) is 12.1. The topological polar surface area (TPSA) is 116 Å². The van der Waals surface area contributed by atoms with Crippen molar-refractivity contribution in [2.45, 2.75) is 17.1 Å². The number of anilines is 2. The van der Waals surface area contributed by atoms with Crippen molar-refractivity contribution in [2.24, 2.45) is 0 Å². The van der Waals surface area contributed by atoms with Gasteiger partial charge in [-0.2, -0.15) is 0 Å². The number of thiazole rings is 1. The highest BCUT2D eigenvalue weighted by molar-refractivity contribution is 8.00. The van der Waals surface area contributed by atoms with Crippen molar-refractivity contribution in [3.05, 3.63) is 125 Å². The second kappa shape index (κ2) is 13.8. The number of amides is 3. The van der Waals surface area contributed by atoms with Gasteiger partial charge >= 0.3 is 0 Å². The molecule has 0 spiro atoms. The average molecular weight is 650 g/mol. The number of benzene rings is 3. The predicted molar refractivity (Wildman–Crippen MR) is 185 cm³/mol. The molecule has 0 saturated heterocycles. The van der Waals surface area contributed by atoms with E-state index in [0.29, 0.717) is 16.4 Å². The van der Waals surface area contributed by atoms with Crippen molar-refractivity contribution in [3.8, 4) is 10.6 Å². The summed E-state index contributed by atoms with van der Waals surface area (Å²) in [5.74, 6) is -1.05. The number of hydrogen-bond donors (Lipinski definition) is 4. The number of H-pyrrole nitrogens is 1. The van der Waals surface area contributed by atoms with E-state index in [1.165, 1.54) is 23.1 Å². The molecule has 11 heteroatoms. The molecule has 0 saturated carbocycles. The summed E-state index contributed by atoms with van der Waals surface area (Å²) in [5, 5.41) is 13.6. The van der Waals surface area contributed by atoms with Gasteiger partial charge in [-0.05, 0) is 60.8 Å². The van der Waals surface area contributed by atoms with E-state index in [4.69, 9.17) is 0 Å². The van der Waals surface area contributed by atoms with Crippen molar-refractivity contribution in [3.63, 3.8) is 0 Å². The van der Waals surface area contributed by atoms with Gasteiger partial charge in [0.2, 0.25) is 5.91 Å². The molecule has 224 valence electrons. The summed E-state index contributed by atoms with van der Waals surface area (Å²) in [6, 6.07) is 27.7. The Bertz CT molecular complexity index is 2000. The van der Waals surface area contributed by atoms with Gasteiger partial charge in [-0.15, -0.1) is 34.4 Å². The van der Waals surface area contributed by atoms with Crippen molar-refractivity contribution < 1.29 is 14.4 Å². The molecular formula is C34H27N5O3S3. The van der Waals surface area contributed by atoms with Crippen LogP contribution in [-0.2, 0) is 9.59 Å². The Labute approximate surface area is 271 Å². The Balaban J connectivity index is 1.16. The molecule has 8 nitrogen and oxygen atoms in total. The van der Waals surface area contributed by atoms with Crippen LogP contribution >= 0.6 is 34.4 Å². The number of nitrogens with one attached hydrogen (secondary N) is 4. The molecule has 4 N–H and O–H groups in total. The lowest BCUT2D eigenvalue weighted by Gasteiger charge is -2.13. The Morgan fingerprint density at radius 1 is 0.911 bits per heavy atom. The van der Waals surface area contributed by atoms with Crippen LogP contribution in [0.3, 0.4) is 0 Å². The molecule has 0 aliphatic rings. The third kappa shape index (κ3) is 7.40. The van der Waals surface area contributed by atoms with Crippen LogP contribution in [0.2, 0.25) is 0 Å². The summed E-state index contributed by atoms with van der Waals surface area (Å²) >= 11 is 4.35. The summed E-state index contributed by atoms with van der Waals surface area (Å²) in [6.45, 7) is 1.82. The first-order valence-corrected chi connectivity index (χ1v) is 16.6. The van der Waals surface area contributed by atoms with Gasteiger partial charge in [0.25, 0.3) is 11.8 Å². The van der Waals surface area contributed by atoms with E-state index in [1.807, 2.05) is 72.3 Å². The van der Waals surface area contributed by atoms with Crippen LogP contribution in [0.4, 0.5) is 10.8 Å². The minimum Gasteiger partial charge on any atom is -0.361 e. The lowest BCUT2D eigenvalue weighted by atomic mass is 10.1. The molecule has 3 amide bonds. The van der Waals surface area contributed by atoms with Crippen LogP contribution < -0.4 is 16.0 Å². The molecule has 3 aromatic heterocycles. The zero-order valence-corrected chi connectivity index (χ0v) is 26.4. The molecule has 3 heterocycles. The predicted octanol–water partition coefficient (Wildman–Crippen LogP) is 7.88. The molecule has 3 aromatic carbocycles. The number of nitrogens with zero attached hydrogens (tertiary/aromatic N) is 1. The molecule has 6 rings (SSSR count). The van der Waals surface area contributed by atoms with E-state index in [1.54, 1.807) is 60.0 Å². The van der Waals surface area contributed by atoms with Gasteiger partial charge in [0, 0.05) is 44.2 Å². The number of aromatic amines is 1. The summed E-state index contributed by atoms with van der Waals surface area (Å²) in [5.41, 5.74) is 3.56.